The van der Waals surface area contributed by atoms with Gasteiger partial charge in [0.05, 0.1) is 18.6 Å². The van der Waals surface area contributed by atoms with Crippen molar-refractivity contribution in [2.24, 2.45) is 11.8 Å². The Morgan fingerprint density at radius 2 is 1.82 bits per heavy atom. The summed E-state index contributed by atoms with van der Waals surface area (Å²) >= 11 is 0. The molecule has 2 aromatic rings. The molecule has 3 rings (SSSR count). The fourth-order valence-electron chi connectivity index (χ4n) is 4.05. The second kappa shape index (κ2) is 10.3. The number of carbonyl (C=O) groups excluding carboxylic acids is 2. The molecular formula is C25H29F3N2O3. The van der Waals surface area contributed by atoms with Crippen LogP contribution in [0.15, 0.2) is 48.5 Å². The fourth-order valence-corrected chi connectivity index (χ4v) is 4.05. The Morgan fingerprint density at radius 1 is 1.12 bits per heavy atom. The summed E-state index contributed by atoms with van der Waals surface area (Å²) in [5.74, 6) is -0.676. The van der Waals surface area contributed by atoms with Gasteiger partial charge in [0, 0.05) is 31.1 Å². The second-order valence-electron chi connectivity index (χ2n) is 8.75. The number of nitrogens with zero attached hydrogens (tertiary/aromatic N) is 1. The van der Waals surface area contributed by atoms with E-state index >= 15 is 0 Å². The molecule has 33 heavy (non-hydrogen) atoms. The summed E-state index contributed by atoms with van der Waals surface area (Å²) in [5, 5.41) is 2.90. The summed E-state index contributed by atoms with van der Waals surface area (Å²) in [4.78, 5) is 27.6. The van der Waals surface area contributed by atoms with E-state index in [2.05, 4.69) is 5.32 Å². The number of ether oxygens (including phenoxy) is 1. The van der Waals surface area contributed by atoms with Crippen LogP contribution < -0.4 is 10.1 Å². The molecule has 0 spiro atoms. The van der Waals surface area contributed by atoms with E-state index in [0.717, 1.165) is 18.6 Å². The zero-order valence-electron chi connectivity index (χ0n) is 19.0. The van der Waals surface area contributed by atoms with Crippen molar-refractivity contribution in [3.8, 4) is 5.75 Å². The first-order valence-corrected chi connectivity index (χ1v) is 11.0. The predicted molar refractivity (Wildman–Crippen MR) is 119 cm³/mol. The van der Waals surface area contributed by atoms with Crippen molar-refractivity contribution in [1.29, 1.82) is 0 Å². The van der Waals surface area contributed by atoms with Gasteiger partial charge < -0.3 is 15.0 Å². The monoisotopic (exact) mass is 462 g/mol. The molecule has 0 unspecified atom stereocenters. The van der Waals surface area contributed by atoms with Crippen LogP contribution >= 0.6 is 0 Å². The van der Waals surface area contributed by atoms with Crippen molar-refractivity contribution in [1.82, 2.24) is 10.2 Å². The normalized spacial score (nSPS) is 18.5. The summed E-state index contributed by atoms with van der Waals surface area (Å²) < 4.78 is 45.0. The van der Waals surface area contributed by atoms with Crippen LogP contribution in [0.4, 0.5) is 13.2 Å². The molecule has 5 nitrogen and oxygen atoms in total. The first-order valence-electron chi connectivity index (χ1n) is 11.0. The molecule has 1 aliphatic rings. The third-order valence-electron chi connectivity index (χ3n) is 5.94. The molecule has 178 valence electrons. The average molecular weight is 463 g/mol. The Hall–Kier alpha value is -3.03. The van der Waals surface area contributed by atoms with Crippen LogP contribution in [0, 0.1) is 11.8 Å². The Kier molecular flexibility index (Phi) is 7.66. The highest BCUT2D eigenvalue weighted by Gasteiger charge is 2.41. The zero-order valence-corrected chi connectivity index (χ0v) is 19.0. The number of methoxy groups -OCH3 is 1. The number of likely N-dealkylation sites (tertiary alicyclic amines) is 1. The van der Waals surface area contributed by atoms with Gasteiger partial charge in [-0.1, -0.05) is 32.0 Å². The van der Waals surface area contributed by atoms with E-state index < -0.39 is 23.6 Å². The van der Waals surface area contributed by atoms with E-state index in [4.69, 9.17) is 4.74 Å². The predicted octanol–water partition coefficient (Wildman–Crippen LogP) is 4.73. The maximum Gasteiger partial charge on any atom is 0.416 e. The SMILES string of the molecule is COc1ccc(C(=O)N2C[C@H](C(=O)NCCC(C)C)[C@H](c3cccc(C(F)(F)F)c3)C2)cc1. The maximum absolute atomic E-state index is 13.3. The lowest BCUT2D eigenvalue weighted by molar-refractivity contribution is -0.137. The second-order valence-corrected chi connectivity index (χ2v) is 8.75. The van der Waals surface area contributed by atoms with Gasteiger partial charge in [0.1, 0.15) is 5.75 Å². The number of rotatable bonds is 7. The van der Waals surface area contributed by atoms with Gasteiger partial charge in [0.25, 0.3) is 5.91 Å². The summed E-state index contributed by atoms with van der Waals surface area (Å²) in [5.41, 5.74) is 0.0669. The van der Waals surface area contributed by atoms with Gasteiger partial charge in [-0.15, -0.1) is 0 Å². The lowest BCUT2D eigenvalue weighted by Crippen LogP contribution is -2.36. The fraction of sp³-hybridized carbons (Fsp3) is 0.440. The van der Waals surface area contributed by atoms with Gasteiger partial charge in [0.15, 0.2) is 0 Å². The molecule has 1 aliphatic heterocycles. The Bertz CT molecular complexity index is 974. The van der Waals surface area contributed by atoms with Crippen molar-refractivity contribution in [3.05, 3.63) is 65.2 Å². The average Bonchev–Trinajstić information content (AvgIpc) is 3.23. The summed E-state index contributed by atoms with van der Waals surface area (Å²) in [6, 6.07) is 11.6. The van der Waals surface area contributed by atoms with Crippen LogP contribution in [0.25, 0.3) is 0 Å². The largest absolute Gasteiger partial charge is 0.497 e. The van der Waals surface area contributed by atoms with E-state index in [0.29, 0.717) is 29.3 Å². The lowest BCUT2D eigenvalue weighted by atomic mass is 9.87. The van der Waals surface area contributed by atoms with E-state index in [1.165, 1.54) is 13.2 Å². The van der Waals surface area contributed by atoms with E-state index in [1.54, 1.807) is 35.2 Å². The number of hydrogen-bond acceptors (Lipinski definition) is 3. The van der Waals surface area contributed by atoms with Gasteiger partial charge in [-0.25, -0.2) is 0 Å². The number of hydrogen-bond donors (Lipinski definition) is 1. The highest BCUT2D eigenvalue weighted by molar-refractivity contribution is 5.95. The van der Waals surface area contributed by atoms with E-state index in [9.17, 15) is 22.8 Å². The molecule has 2 atom stereocenters. The van der Waals surface area contributed by atoms with Gasteiger partial charge in [-0.3, -0.25) is 9.59 Å². The number of carbonyl (C=O) groups is 2. The molecule has 2 amide bonds. The van der Waals surface area contributed by atoms with Gasteiger partial charge >= 0.3 is 6.18 Å². The van der Waals surface area contributed by atoms with Crippen LogP contribution in [0.2, 0.25) is 0 Å². The third-order valence-corrected chi connectivity index (χ3v) is 5.94. The van der Waals surface area contributed by atoms with Crippen LogP contribution in [0.3, 0.4) is 0 Å². The molecule has 1 fully saturated rings. The first kappa shape index (κ1) is 24.6. The Morgan fingerprint density at radius 3 is 2.42 bits per heavy atom. The quantitative estimate of drug-likeness (QED) is 0.647. The summed E-state index contributed by atoms with van der Waals surface area (Å²) in [7, 11) is 1.53. The lowest BCUT2D eigenvalue weighted by Gasteiger charge is -2.19. The third kappa shape index (κ3) is 6.06. The molecule has 2 aromatic carbocycles. The summed E-state index contributed by atoms with van der Waals surface area (Å²) in [6.07, 6.45) is -3.69. The van der Waals surface area contributed by atoms with Gasteiger partial charge in [-0.05, 0) is 48.2 Å². The van der Waals surface area contributed by atoms with Crippen molar-refractivity contribution < 1.29 is 27.5 Å². The highest BCUT2D eigenvalue weighted by Crippen LogP contribution is 2.37. The molecule has 1 N–H and O–H groups in total. The molecule has 1 saturated heterocycles. The minimum absolute atomic E-state index is 0.138. The van der Waals surface area contributed by atoms with Crippen LogP contribution in [-0.4, -0.2) is 43.5 Å². The molecule has 0 bridgehead atoms. The smallest absolute Gasteiger partial charge is 0.416 e. The van der Waals surface area contributed by atoms with Crippen molar-refractivity contribution in [3.63, 3.8) is 0 Å². The number of benzene rings is 2. The molecule has 0 aromatic heterocycles. The molecular weight excluding hydrogens is 433 g/mol. The van der Waals surface area contributed by atoms with E-state index in [1.807, 2.05) is 13.8 Å². The topological polar surface area (TPSA) is 58.6 Å². The number of nitrogens with one attached hydrogen (secondary N) is 1. The van der Waals surface area contributed by atoms with Crippen LogP contribution in [-0.2, 0) is 11.0 Å². The number of amides is 2. The molecule has 8 heteroatoms. The van der Waals surface area contributed by atoms with Gasteiger partial charge in [0.2, 0.25) is 5.91 Å². The molecule has 0 aliphatic carbocycles. The molecule has 0 radical (unpaired) electrons. The maximum atomic E-state index is 13.3. The first-order chi connectivity index (χ1) is 15.6. The minimum Gasteiger partial charge on any atom is -0.497 e. The standard InChI is InChI=1S/C25H29F3N2O3/c1-16(2)11-12-29-23(31)22-15-30(24(32)17-7-9-20(33-3)10-8-17)14-21(22)18-5-4-6-19(13-18)25(26,27)28/h4-10,13,16,21-22H,11-12,14-15H2,1-3H3,(H,29,31)/t21-,22-/m0/s1. The van der Waals surface area contributed by atoms with Gasteiger partial charge in [-0.2, -0.15) is 13.2 Å². The Labute approximate surface area is 191 Å². The number of alkyl halides is 3. The minimum atomic E-state index is -4.48. The summed E-state index contributed by atoms with van der Waals surface area (Å²) in [6.45, 7) is 4.87. The molecule has 0 saturated carbocycles. The highest BCUT2D eigenvalue weighted by atomic mass is 19.4. The van der Waals surface area contributed by atoms with E-state index in [-0.39, 0.29) is 24.9 Å². The van der Waals surface area contributed by atoms with Crippen molar-refractivity contribution in [2.45, 2.75) is 32.4 Å². The van der Waals surface area contributed by atoms with Crippen molar-refractivity contribution >= 4 is 11.8 Å². The van der Waals surface area contributed by atoms with Crippen LogP contribution in [0.1, 0.15) is 47.7 Å². The van der Waals surface area contributed by atoms with Crippen LogP contribution in [0.5, 0.6) is 5.75 Å². The Balaban J connectivity index is 1.86. The van der Waals surface area contributed by atoms with Crippen molar-refractivity contribution in [2.75, 3.05) is 26.7 Å². The zero-order chi connectivity index (χ0) is 24.2. The number of halogens is 3. The molecule has 1 heterocycles.